The van der Waals surface area contributed by atoms with E-state index in [1.165, 1.54) is 6.07 Å². The third-order valence-electron chi connectivity index (χ3n) is 3.60. The molecule has 3 rings (SSSR count). The van der Waals surface area contributed by atoms with Gasteiger partial charge in [0.25, 0.3) is 5.91 Å². The number of carbonyl (C=O) groups excluding carboxylic acids is 1. The van der Waals surface area contributed by atoms with Gasteiger partial charge >= 0.3 is 0 Å². The molecule has 1 heterocycles. The fraction of sp³-hybridized carbons (Fsp3) is 0.176. The number of nitrogens with zero attached hydrogens (tertiary/aromatic N) is 1. The Morgan fingerprint density at radius 2 is 2.05 bits per heavy atom. The Morgan fingerprint density at radius 1 is 1.24 bits per heavy atom. The van der Waals surface area contributed by atoms with Gasteiger partial charge in [-0.05, 0) is 35.7 Å². The highest BCUT2D eigenvalue weighted by Gasteiger charge is 2.16. The largest absolute Gasteiger partial charge is 0.271 e. The molecule has 0 aromatic heterocycles. The zero-order chi connectivity index (χ0) is 14.8. The maximum Gasteiger partial charge on any atom is 0.271 e. The van der Waals surface area contributed by atoms with E-state index in [4.69, 9.17) is 0 Å². The zero-order valence-corrected chi connectivity index (χ0v) is 11.7. The number of halogens is 1. The van der Waals surface area contributed by atoms with Crippen molar-refractivity contribution in [3.63, 3.8) is 0 Å². The van der Waals surface area contributed by atoms with Gasteiger partial charge in [0.05, 0.1) is 0 Å². The van der Waals surface area contributed by atoms with E-state index in [9.17, 15) is 9.18 Å². The number of hydrogen-bond acceptors (Lipinski definition) is 2. The van der Waals surface area contributed by atoms with Crippen molar-refractivity contribution in [1.29, 1.82) is 0 Å². The van der Waals surface area contributed by atoms with Crippen LogP contribution >= 0.6 is 0 Å². The highest BCUT2D eigenvalue weighted by Crippen LogP contribution is 2.16. The Bertz CT molecular complexity index is 737. The quantitative estimate of drug-likeness (QED) is 0.903. The van der Waals surface area contributed by atoms with E-state index < -0.39 is 0 Å². The molecule has 0 atom stereocenters. The van der Waals surface area contributed by atoms with Crippen LogP contribution in [0.5, 0.6) is 0 Å². The Morgan fingerprint density at radius 3 is 2.86 bits per heavy atom. The van der Waals surface area contributed by atoms with Crippen molar-refractivity contribution < 1.29 is 9.18 Å². The fourth-order valence-electron chi connectivity index (χ4n) is 2.50. The molecule has 0 saturated carbocycles. The molecule has 106 valence electrons. The second-order valence-electron chi connectivity index (χ2n) is 5.21. The summed E-state index contributed by atoms with van der Waals surface area (Å²) in [7, 11) is 0. The van der Waals surface area contributed by atoms with Crippen molar-refractivity contribution in [2.75, 3.05) is 0 Å². The minimum Gasteiger partial charge on any atom is -0.267 e. The van der Waals surface area contributed by atoms with Crippen molar-refractivity contribution in [1.82, 2.24) is 5.43 Å². The first kappa shape index (κ1) is 13.5. The van der Waals surface area contributed by atoms with Crippen molar-refractivity contribution in [2.45, 2.75) is 19.8 Å². The SMILES string of the molecule is Cc1cc(CC2=NNC(=O)c3ccccc3C2)ccc1F. The zero-order valence-electron chi connectivity index (χ0n) is 11.7. The van der Waals surface area contributed by atoms with Crippen LogP contribution < -0.4 is 5.43 Å². The number of amides is 1. The van der Waals surface area contributed by atoms with Gasteiger partial charge in [-0.1, -0.05) is 30.3 Å². The second-order valence-corrected chi connectivity index (χ2v) is 5.21. The molecule has 21 heavy (non-hydrogen) atoms. The minimum absolute atomic E-state index is 0.184. The highest BCUT2D eigenvalue weighted by atomic mass is 19.1. The summed E-state index contributed by atoms with van der Waals surface area (Å²) < 4.78 is 13.3. The minimum atomic E-state index is -0.208. The average Bonchev–Trinajstić information content (AvgIpc) is 2.63. The number of benzene rings is 2. The smallest absolute Gasteiger partial charge is 0.267 e. The first-order chi connectivity index (χ1) is 10.1. The summed E-state index contributed by atoms with van der Waals surface area (Å²) in [6, 6.07) is 12.5. The van der Waals surface area contributed by atoms with Gasteiger partial charge in [0.15, 0.2) is 0 Å². The molecule has 1 N–H and O–H groups in total. The number of hydrazone groups is 1. The van der Waals surface area contributed by atoms with E-state index in [1.54, 1.807) is 19.1 Å². The number of rotatable bonds is 2. The first-order valence-corrected chi connectivity index (χ1v) is 6.82. The van der Waals surface area contributed by atoms with Crippen LogP contribution in [0.15, 0.2) is 47.6 Å². The molecule has 0 unspecified atom stereocenters. The molecule has 1 amide bonds. The molecule has 1 aliphatic heterocycles. The van der Waals surface area contributed by atoms with E-state index >= 15 is 0 Å². The first-order valence-electron chi connectivity index (χ1n) is 6.82. The molecule has 0 bridgehead atoms. The van der Waals surface area contributed by atoms with Gasteiger partial charge in [-0.15, -0.1) is 0 Å². The summed E-state index contributed by atoms with van der Waals surface area (Å²) in [6.45, 7) is 1.74. The van der Waals surface area contributed by atoms with Crippen molar-refractivity contribution >= 4 is 11.6 Å². The summed E-state index contributed by atoms with van der Waals surface area (Å²) in [5.74, 6) is -0.393. The predicted molar refractivity (Wildman–Crippen MR) is 79.9 cm³/mol. The molecule has 1 aliphatic rings. The lowest BCUT2D eigenvalue weighted by Crippen LogP contribution is -2.17. The molecular weight excluding hydrogens is 267 g/mol. The summed E-state index contributed by atoms with van der Waals surface area (Å²) in [5, 5.41) is 4.19. The third-order valence-corrected chi connectivity index (χ3v) is 3.60. The monoisotopic (exact) mass is 282 g/mol. The number of nitrogens with one attached hydrogen (secondary N) is 1. The molecule has 0 saturated heterocycles. The van der Waals surface area contributed by atoms with E-state index in [0.29, 0.717) is 24.0 Å². The third kappa shape index (κ3) is 2.84. The summed E-state index contributed by atoms with van der Waals surface area (Å²) in [4.78, 5) is 11.9. The van der Waals surface area contributed by atoms with E-state index in [2.05, 4.69) is 10.5 Å². The van der Waals surface area contributed by atoms with Crippen LogP contribution in [0, 0.1) is 12.7 Å². The molecule has 0 spiro atoms. The normalized spacial score (nSPS) is 14.0. The number of hydrogen-bond donors (Lipinski definition) is 1. The summed E-state index contributed by atoms with van der Waals surface area (Å²) in [5.41, 5.74) is 6.66. The van der Waals surface area contributed by atoms with Crippen LogP contribution in [0.3, 0.4) is 0 Å². The Hall–Kier alpha value is -2.49. The molecule has 0 aliphatic carbocycles. The van der Waals surface area contributed by atoms with Gasteiger partial charge in [-0.2, -0.15) is 5.10 Å². The molecule has 0 radical (unpaired) electrons. The average molecular weight is 282 g/mol. The highest BCUT2D eigenvalue weighted by molar-refractivity contribution is 6.01. The van der Waals surface area contributed by atoms with Crippen molar-refractivity contribution in [3.05, 3.63) is 70.5 Å². The van der Waals surface area contributed by atoms with E-state index in [1.807, 2.05) is 24.3 Å². The van der Waals surface area contributed by atoms with Gasteiger partial charge < -0.3 is 0 Å². The topological polar surface area (TPSA) is 41.5 Å². The molecule has 0 fully saturated rings. The molecular formula is C17H15FN2O. The lowest BCUT2D eigenvalue weighted by molar-refractivity contribution is 0.0955. The summed E-state index contributed by atoms with van der Waals surface area (Å²) >= 11 is 0. The van der Waals surface area contributed by atoms with Crippen LogP contribution in [0.1, 0.15) is 27.0 Å². The van der Waals surface area contributed by atoms with Crippen LogP contribution in [-0.2, 0) is 12.8 Å². The maximum absolute atomic E-state index is 13.3. The lowest BCUT2D eigenvalue weighted by atomic mass is 9.98. The van der Waals surface area contributed by atoms with Crippen molar-refractivity contribution in [3.8, 4) is 0 Å². The lowest BCUT2D eigenvalue weighted by Gasteiger charge is -2.06. The fourth-order valence-corrected chi connectivity index (χ4v) is 2.50. The van der Waals surface area contributed by atoms with Crippen molar-refractivity contribution in [2.24, 2.45) is 5.10 Å². The van der Waals surface area contributed by atoms with E-state index in [-0.39, 0.29) is 11.7 Å². The predicted octanol–water partition coefficient (Wildman–Crippen LogP) is 3.02. The van der Waals surface area contributed by atoms with Crippen LogP contribution in [0.25, 0.3) is 0 Å². The molecule has 4 heteroatoms. The summed E-state index contributed by atoms with van der Waals surface area (Å²) in [6.07, 6.45) is 1.21. The Labute approximate surface area is 122 Å². The van der Waals surface area contributed by atoms with Gasteiger partial charge in [0.1, 0.15) is 5.82 Å². The molecule has 3 nitrogen and oxygen atoms in total. The maximum atomic E-state index is 13.3. The van der Waals surface area contributed by atoms with Crippen LogP contribution in [0.4, 0.5) is 4.39 Å². The van der Waals surface area contributed by atoms with Gasteiger partial charge in [0, 0.05) is 24.1 Å². The van der Waals surface area contributed by atoms with Gasteiger partial charge in [-0.3, -0.25) is 4.79 Å². The number of fused-ring (bicyclic) bond motifs is 1. The number of aryl methyl sites for hydroxylation is 1. The standard InChI is InChI=1S/C17H15FN2O/c1-11-8-12(6-7-16(11)18)9-14-10-13-4-2-3-5-15(13)17(21)20-19-14/h2-8H,9-10H2,1H3,(H,20,21). The molecule has 2 aromatic rings. The van der Waals surface area contributed by atoms with E-state index in [0.717, 1.165) is 16.8 Å². The van der Waals surface area contributed by atoms with Gasteiger partial charge in [0.2, 0.25) is 0 Å². The van der Waals surface area contributed by atoms with Gasteiger partial charge in [-0.25, -0.2) is 9.82 Å². The second kappa shape index (κ2) is 5.48. The Balaban J connectivity index is 1.86. The van der Waals surface area contributed by atoms with Crippen LogP contribution in [-0.4, -0.2) is 11.6 Å². The molecule has 2 aromatic carbocycles. The Kier molecular flexibility index (Phi) is 3.52. The van der Waals surface area contributed by atoms with Crippen LogP contribution in [0.2, 0.25) is 0 Å². The number of carbonyl (C=O) groups is 1.